The van der Waals surface area contributed by atoms with Crippen molar-refractivity contribution < 1.29 is 4.79 Å². The van der Waals surface area contributed by atoms with Gasteiger partial charge in [0.2, 0.25) is 5.91 Å². The van der Waals surface area contributed by atoms with Crippen molar-refractivity contribution in [1.29, 1.82) is 0 Å². The summed E-state index contributed by atoms with van der Waals surface area (Å²) in [6, 6.07) is 5.81. The third-order valence-electron chi connectivity index (χ3n) is 5.33. The first-order valence-electron chi connectivity index (χ1n) is 10.3. The van der Waals surface area contributed by atoms with Gasteiger partial charge in [0.25, 0.3) is 0 Å². The Morgan fingerprint density at radius 1 is 1.31 bits per heavy atom. The number of hydrogen-bond donors (Lipinski definition) is 1. The summed E-state index contributed by atoms with van der Waals surface area (Å²) in [7, 11) is 1.88. The normalized spacial score (nSPS) is 17.7. The second-order valence-electron chi connectivity index (χ2n) is 8.34. The lowest BCUT2D eigenvalue weighted by molar-refractivity contribution is -0.121. The third-order valence-corrected chi connectivity index (χ3v) is 5.33. The number of anilines is 1. The Kier molecular flexibility index (Phi) is 5.58. The number of pyridine rings is 2. The maximum atomic E-state index is 12.8. The van der Waals surface area contributed by atoms with Crippen LogP contribution in [0.1, 0.15) is 26.7 Å². The minimum atomic E-state index is 0.00897. The molecule has 1 aliphatic rings. The molecule has 1 fully saturated rings. The van der Waals surface area contributed by atoms with Crippen LogP contribution < -0.4 is 5.32 Å². The first-order valence-corrected chi connectivity index (χ1v) is 10.3. The molecule has 4 rings (SSSR count). The average Bonchev–Trinajstić information content (AvgIpc) is 3.13. The van der Waals surface area contributed by atoms with Crippen LogP contribution in [-0.2, 0) is 11.8 Å². The minimum absolute atomic E-state index is 0.00897. The molecule has 1 aliphatic heterocycles. The van der Waals surface area contributed by atoms with Crippen LogP contribution in [0, 0.1) is 11.8 Å². The van der Waals surface area contributed by atoms with E-state index < -0.39 is 0 Å². The van der Waals surface area contributed by atoms with Crippen molar-refractivity contribution >= 4 is 22.6 Å². The molecule has 1 saturated heterocycles. The highest BCUT2D eigenvalue weighted by molar-refractivity contribution is 5.93. The van der Waals surface area contributed by atoms with Crippen LogP contribution in [0.5, 0.6) is 0 Å². The van der Waals surface area contributed by atoms with Crippen LogP contribution in [0.4, 0.5) is 5.82 Å². The number of piperidine rings is 1. The largest absolute Gasteiger partial charge is 0.310 e. The number of nitrogens with one attached hydrogen (secondary N) is 1. The Balaban J connectivity index is 1.49. The minimum Gasteiger partial charge on any atom is -0.310 e. The Bertz CT molecular complexity index is 1010. The SMILES string of the molecule is CC(C)CN1CCCC(C(=O)Nc2cc3nc(-c4cnn(C)c4)ccc3cn2)C1. The van der Waals surface area contributed by atoms with Gasteiger partial charge in [0.1, 0.15) is 5.82 Å². The van der Waals surface area contributed by atoms with Crippen LogP contribution in [0.2, 0.25) is 0 Å². The van der Waals surface area contributed by atoms with Gasteiger partial charge in [-0.3, -0.25) is 9.48 Å². The molecule has 4 heterocycles. The number of hydrogen-bond acceptors (Lipinski definition) is 5. The zero-order valence-electron chi connectivity index (χ0n) is 17.3. The zero-order valence-corrected chi connectivity index (χ0v) is 17.3. The van der Waals surface area contributed by atoms with E-state index in [1.165, 1.54) is 0 Å². The van der Waals surface area contributed by atoms with Crippen LogP contribution in [0.25, 0.3) is 22.2 Å². The predicted molar refractivity (Wildman–Crippen MR) is 114 cm³/mol. The number of likely N-dealkylation sites (tertiary alicyclic amines) is 1. The number of carbonyl (C=O) groups excluding carboxylic acids is 1. The number of fused-ring (bicyclic) bond motifs is 1. The summed E-state index contributed by atoms with van der Waals surface area (Å²) < 4.78 is 1.76. The third kappa shape index (κ3) is 4.62. The molecule has 7 heteroatoms. The lowest BCUT2D eigenvalue weighted by atomic mass is 9.96. The molecular weight excluding hydrogens is 364 g/mol. The average molecular weight is 393 g/mol. The van der Waals surface area contributed by atoms with Gasteiger partial charge < -0.3 is 10.2 Å². The van der Waals surface area contributed by atoms with E-state index in [1.807, 2.05) is 31.4 Å². The van der Waals surface area contributed by atoms with Gasteiger partial charge in [-0.1, -0.05) is 13.8 Å². The Morgan fingerprint density at radius 2 is 2.17 bits per heavy atom. The highest BCUT2D eigenvalue weighted by Gasteiger charge is 2.26. The molecule has 3 aromatic rings. The molecular formula is C22H28N6O. The molecule has 0 aliphatic carbocycles. The lowest BCUT2D eigenvalue weighted by Crippen LogP contribution is -2.42. The van der Waals surface area contributed by atoms with Gasteiger partial charge in [0.15, 0.2) is 0 Å². The predicted octanol–water partition coefficient (Wildman–Crippen LogP) is 3.34. The van der Waals surface area contributed by atoms with Crippen LogP contribution in [0.3, 0.4) is 0 Å². The summed E-state index contributed by atoms with van der Waals surface area (Å²) in [5, 5.41) is 8.16. The first kappa shape index (κ1) is 19.5. The molecule has 3 aromatic heterocycles. The van der Waals surface area contributed by atoms with E-state index in [4.69, 9.17) is 4.98 Å². The van der Waals surface area contributed by atoms with Crippen molar-refractivity contribution in [3.05, 3.63) is 36.8 Å². The fraction of sp³-hybridized carbons (Fsp3) is 0.455. The highest BCUT2D eigenvalue weighted by atomic mass is 16.2. The summed E-state index contributed by atoms with van der Waals surface area (Å²) in [6.07, 6.45) is 7.48. The zero-order chi connectivity index (χ0) is 20.4. The Labute approximate surface area is 171 Å². The van der Waals surface area contributed by atoms with Gasteiger partial charge in [-0.15, -0.1) is 0 Å². The van der Waals surface area contributed by atoms with E-state index >= 15 is 0 Å². The number of rotatable bonds is 5. The number of aromatic nitrogens is 4. The van der Waals surface area contributed by atoms with Gasteiger partial charge in [-0.2, -0.15) is 5.10 Å². The van der Waals surface area contributed by atoms with E-state index in [2.05, 4.69) is 34.1 Å². The molecule has 0 spiro atoms. The molecule has 7 nitrogen and oxygen atoms in total. The fourth-order valence-corrected chi connectivity index (χ4v) is 3.98. The summed E-state index contributed by atoms with van der Waals surface area (Å²) in [5.41, 5.74) is 2.62. The van der Waals surface area contributed by atoms with E-state index in [0.717, 1.165) is 54.6 Å². The quantitative estimate of drug-likeness (QED) is 0.721. The number of nitrogens with zero attached hydrogens (tertiary/aromatic N) is 5. The summed E-state index contributed by atoms with van der Waals surface area (Å²) in [5.74, 6) is 1.22. The lowest BCUT2D eigenvalue weighted by Gasteiger charge is -2.32. The molecule has 152 valence electrons. The van der Waals surface area contributed by atoms with Crippen molar-refractivity contribution in [1.82, 2.24) is 24.6 Å². The molecule has 0 aromatic carbocycles. The van der Waals surface area contributed by atoms with Crippen molar-refractivity contribution in [2.24, 2.45) is 18.9 Å². The van der Waals surface area contributed by atoms with Crippen molar-refractivity contribution in [2.45, 2.75) is 26.7 Å². The first-order chi connectivity index (χ1) is 14.0. The second-order valence-corrected chi connectivity index (χ2v) is 8.34. The smallest absolute Gasteiger partial charge is 0.229 e. The highest BCUT2D eigenvalue weighted by Crippen LogP contribution is 2.23. The Morgan fingerprint density at radius 3 is 2.93 bits per heavy atom. The van der Waals surface area contributed by atoms with Crippen LogP contribution >= 0.6 is 0 Å². The monoisotopic (exact) mass is 392 g/mol. The molecule has 1 atom stereocenters. The van der Waals surface area contributed by atoms with E-state index in [1.54, 1.807) is 17.1 Å². The maximum Gasteiger partial charge on any atom is 0.229 e. The van der Waals surface area contributed by atoms with Crippen molar-refractivity contribution in [2.75, 3.05) is 25.0 Å². The van der Waals surface area contributed by atoms with Gasteiger partial charge in [0.05, 0.1) is 23.3 Å². The van der Waals surface area contributed by atoms with Gasteiger partial charge in [0, 0.05) is 49.5 Å². The summed E-state index contributed by atoms with van der Waals surface area (Å²) >= 11 is 0. The van der Waals surface area contributed by atoms with Gasteiger partial charge in [-0.05, 0) is 37.4 Å². The van der Waals surface area contributed by atoms with Crippen LogP contribution in [0.15, 0.2) is 36.8 Å². The summed E-state index contributed by atoms with van der Waals surface area (Å²) in [6.45, 7) is 7.38. The topological polar surface area (TPSA) is 75.9 Å². The molecule has 1 unspecified atom stereocenters. The van der Waals surface area contributed by atoms with Gasteiger partial charge in [-0.25, -0.2) is 9.97 Å². The van der Waals surface area contributed by atoms with Gasteiger partial charge >= 0.3 is 0 Å². The second kappa shape index (κ2) is 8.29. The molecule has 1 amide bonds. The molecule has 0 radical (unpaired) electrons. The molecule has 0 bridgehead atoms. The maximum absolute atomic E-state index is 12.8. The standard InChI is InChI=1S/C22H28N6O/c1-15(2)12-28-8-4-5-17(14-28)22(29)26-21-9-20-16(10-23-21)6-7-19(25-20)18-11-24-27(3)13-18/h6-7,9-11,13,15,17H,4-5,8,12,14H2,1-3H3,(H,23,26,29). The fourth-order valence-electron chi connectivity index (χ4n) is 3.98. The molecule has 0 saturated carbocycles. The number of amides is 1. The van der Waals surface area contributed by atoms with E-state index in [-0.39, 0.29) is 11.8 Å². The Hall–Kier alpha value is -2.80. The molecule has 29 heavy (non-hydrogen) atoms. The van der Waals surface area contributed by atoms with E-state index in [9.17, 15) is 4.79 Å². The van der Waals surface area contributed by atoms with E-state index in [0.29, 0.717) is 11.7 Å². The van der Waals surface area contributed by atoms with Crippen LogP contribution in [-0.4, -0.2) is 50.2 Å². The molecule has 1 N–H and O–H groups in total. The number of carbonyl (C=O) groups is 1. The summed E-state index contributed by atoms with van der Waals surface area (Å²) in [4.78, 5) is 24.4. The number of aryl methyl sites for hydroxylation is 1. The van der Waals surface area contributed by atoms with Crippen molar-refractivity contribution in [3.63, 3.8) is 0 Å². The van der Waals surface area contributed by atoms with Crippen molar-refractivity contribution in [3.8, 4) is 11.3 Å².